The molecule has 0 heterocycles. The molecule has 2 rings (SSSR count). The summed E-state index contributed by atoms with van der Waals surface area (Å²) in [5, 5.41) is 8.76. The van der Waals surface area contributed by atoms with Gasteiger partial charge in [-0.1, -0.05) is 12.1 Å². The summed E-state index contributed by atoms with van der Waals surface area (Å²) < 4.78 is 46.7. The molecule has 3 nitrogen and oxygen atoms in total. The van der Waals surface area contributed by atoms with Crippen molar-refractivity contribution in [2.45, 2.75) is 6.36 Å². The highest BCUT2D eigenvalue weighted by molar-refractivity contribution is 9.10. The average molecular weight is 358 g/mol. The van der Waals surface area contributed by atoms with E-state index in [0.717, 1.165) is 6.07 Å². The number of hydrogen-bond acceptors (Lipinski definition) is 3. The van der Waals surface area contributed by atoms with E-state index in [9.17, 15) is 13.2 Å². The Balaban J connectivity index is 2.30. The molecular formula is C14H7BrF3NO2. The summed E-state index contributed by atoms with van der Waals surface area (Å²) in [5.41, 5.74) is 0.397. The maximum atomic E-state index is 12.3. The number of alkyl halides is 3. The molecule has 0 atom stereocenters. The van der Waals surface area contributed by atoms with Crippen molar-refractivity contribution in [3.8, 4) is 23.3 Å². The fraction of sp³-hybridized carbons (Fsp3) is 0.0714. The van der Waals surface area contributed by atoms with Crippen LogP contribution in [0.4, 0.5) is 13.2 Å². The van der Waals surface area contributed by atoms with Crippen LogP contribution in [0.5, 0.6) is 17.2 Å². The van der Waals surface area contributed by atoms with Crippen LogP contribution in [0, 0.1) is 11.3 Å². The van der Waals surface area contributed by atoms with Crippen LogP contribution in [0.1, 0.15) is 5.56 Å². The molecule has 108 valence electrons. The quantitative estimate of drug-likeness (QED) is 0.775. The van der Waals surface area contributed by atoms with Crippen LogP contribution in [0.2, 0.25) is 0 Å². The monoisotopic (exact) mass is 357 g/mol. The molecule has 0 aliphatic carbocycles. The highest BCUT2D eigenvalue weighted by Gasteiger charge is 2.32. The molecule has 0 radical (unpaired) electrons. The summed E-state index contributed by atoms with van der Waals surface area (Å²) in [7, 11) is 0. The fourth-order valence-electron chi connectivity index (χ4n) is 1.52. The second-order valence-electron chi connectivity index (χ2n) is 3.85. The number of benzene rings is 2. The van der Waals surface area contributed by atoms with Gasteiger partial charge in [0.05, 0.1) is 16.1 Å². The Morgan fingerprint density at radius 1 is 1.00 bits per heavy atom. The first-order valence-electron chi connectivity index (χ1n) is 5.61. The number of ether oxygens (including phenoxy) is 2. The number of hydrogen-bond donors (Lipinski definition) is 0. The van der Waals surface area contributed by atoms with Crippen LogP contribution >= 0.6 is 15.9 Å². The Morgan fingerprint density at radius 2 is 1.67 bits per heavy atom. The van der Waals surface area contributed by atoms with Crippen molar-refractivity contribution in [1.82, 2.24) is 0 Å². The molecule has 0 fully saturated rings. The molecule has 0 saturated carbocycles. The summed E-state index contributed by atoms with van der Waals surface area (Å²) in [5.74, 6) is -0.256. The third-order valence-electron chi connectivity index (χ3n) is 2.36. The number of nitrogens with zero attached hydrogens (tertiary/aromatic N) is 1. The average Bonchev–Trinajstić information content (AvgIpc) is 2.41. The van der Waals surface area contributed by atoms with Crippen molar-refractivity contribution in [3.63, 3.8) is 0 Å². The predicted molar refractivity (Wildman–Crippen MR) is 72.1 cm³/mol. The minimum Gasteiger partial charge on any atom is -0.452 e. The molecule has 2 aromatic carbocycles. The lowest BCUT2D eigenvalue weighted by atomic mass is 10.2. The first-order valence-corrected chi connectivity index (χ1v) is 6.40. The smallest absolute Gasteiger partial charge is 0.452 e. The van der Waals surface area contributed by atoms with Crippen molar-refractivity contribution < 1.29 is 22.6 Å². The Bertz CT molecular complexity index is 695. The van der Waals surface area contributed by atoms with E-state index in [4.69, 9.17) is 10.00 Å². The molecule has 0 aromatic heterocycles. The lowest BCUT2D eigenvalue weighted by Crippen LogP contribution is -2.17. The summed E-state index contributed by atoms with van der Waals surface area (Å²) >= 11 is 3.19. The minimum absolute atomic E-state index is 0.0831. The first kappa shape index (κ1) is 15.2. The first-order chi connectivity index (χ1) is 9.89. The molecule has 0 bridgehead atoms. The number of para-hydroxylation sites is 2. The molecule has 0 unspecified atom stereocenters. The summed E-state index contributed by atoms with van der Waals surface area (Å²) in [4.78, 5) is 0. The molecule has 7 heteroatoms. The van der Waals surface area contributed by atoms with Gasteiger partial charge >= 0.3 is 6.36 Å². The highest BCUT2D eigenvalue weighted by Crippen LogP contribution is 2.37. The van der Waals surface area contributed by atoms with Gasteiger partial charge in [-0.2, -0.15) is 5.26 Å². The number of nitriles is 1. The maximum absolute atomic E-state index is 12.3. The van der Waals surface area contributed by atoms with Gasteiger partial charge in [-0.05, 0) is 46.3 Å². The van der Waals surface area contributed by atoms with Crippen molar-refractivity contribution in [1.29, 1.82) is 5.26 Å². The molecule has 0 spiro atoms. The van der Waals surface area contributed by atoms with E-state index in [1.165, 1.54) is 36.4 Å². The SMILES string of the molecule is N#Cc1ccc(Oc2ccccc2OC(F)(F)F)c(Br)c1. The summed E-state index contributed by atoms with van der Waals surface area (Å²) in [6.45, 7) is 0. The second kappa shape index (κ2) is 6.06. The second-order valence-corrected chi connectivity index (χ2v) is 4.71. The third-order valence-corrected chi connectivity index (χ3v) is 2.98. The van der Waals surface area contributed by atoms with Crippen LogP contribution in [-0.2, 0) is 0 Å². The zero-order valence-electron chi connectivity index (χ0n) is 10.3. The number of rotatable bonds is 3. The van der Waals surface area contributed by atoms with Crippen LogP contribution in [-0.4, -0.2) is 6.36 Å². The van der Waals surface area contributed by atoms with E-state index in [1.807, 2.05) is 6.07 Å². The standard InChI is InChI=1S/C14H7BrF3NO2/c15-10-7-9(8-19)5-6-11(10)20-12-3-1-2-4-13(12)21-14(16,17)18/h1-7H. The summed E-state index contributed by atoms with van der Waals surface area (Å²) in [6.07, 6.45) is -4.80. The minimum atomic E-state index is -4.80. The van der Waals surface area contributed by atoms with E-state index in [1.54, 1.807) is 0 Å². The van der Waals surface area contributed by atoms with E-state index in [-0.39, 0.29) is 11.5 Å². The van der Waals surface area contributed by atoms with Gasteiger partial charge in [0.2, 0.25) is 0 Å². The summed E-state index contributed by atoms with van der Waals surface area (Å²) in [6, 6.07) is 11.9. The van der Waals surface area contributed by atoms with E-state index >= 15 is 0 Å². The molecular weight excluding hydrogens is 351 g/mol. The normalized spacial score (nSPS) is 10.8. The Hall–Kier alpha value is -2.20. The largest absolute Gasteiger partial charge is 0.573 e. The van der Waals surface area contributed by atoms with Crippen molar-refractivity contribution in [3.05, 3.63) is 52.5 Å². The molecule has 2 aromatic rings. The Kier molecular flexibility index (Phi) is 4.38. The topological polar surface area (TPSA) is 42.2 Å². The predicted octanol–water partition coefficient (Wildman–Crippen LogP) is 5.01. The van der Waals surface area contributed by atoms with E-state index in [0.29, 0.717) is 10.0 Å². The lowest BCUT2D eigenvalue weighted by molar-refractivity contribution is -0.275. The molecule has 0 amide bonds. The maximum Gasteiger partial charge on any atom is 0.573 e. The fourth-order valence-corrected chi connectivity index (χ4v) is 1.97. The molecule has 21 heavy (non-hydrogen) atoms. The van der Waals surface area contributed by atoms with Gasteiger partial charge in [0.25, 0.3) is 0 Å². The van der Waals surface area contributed by atoms with Gasteiger partial charge in [0.15, 0.2) is 11.5 Å². The van der Waals surface area contributed by atoms with Gasteiger partial charge in [-0.15, -0.1) is 13.2 Å². The van der Waals surface area contributed by atoms with Gasteiger partial charge in [-0.3, -0.25) is 0 Å². The third kappa shape index (κ3) is 4.13. The molecule has 0 aliphatic rings. The Morgan fingerprint density at radius 3 is 2.24 bits per heavy atom. The number of halogens is 4. The van der Waals surface area contributed by atoms with Crippen molar-refractivity contribution >= 4 is 15.9 Å². The van der Waals surface area contributed by atoms with Crippen LogP contribution in [0.15, 0.2) is 46.9 Å². The molecule has 0 aliphatic heterocycles. The molecule has 0 N–H and O–H groups in total. The van der Waals surface area contributed by atoms with Gasteiger partial charge < -0.3 is 9.47 Å². The zero-order valence-corrected chi connectivity index (χ0v) is 11.9. The van der Waals surface area contributed by atoms with Crippen molar-refractivity contribution in [2.24, 2.45) is 0 Å². The van der Waals surface area contributed by atoms with Gasteiger partial charge in [0.1, 0.15) is 5.75 Å². The van der Waals surface area contributed by atoms with E-state index in [2.05, 4.69) is 20.7 Å². The lowest BCUT2D eigenvalue weighted by Gasteiger charge is -2.14. The van der Waals surface area contributed by atoms with Crippen LogP contribution in [0.25, 0.3) is 0 Å². The Labute approximate surface area is 126 Å². The zero-order chi connectivity index (χ0) is 15.5. The van der Waals surface area contributed by atoms with Crippen molar-refractivity contribution in [2.75, 3.05) is 0 Å². The molecule has 0 saturated heterocycles. The van der Waals surface area contributed by atoms with Crippen LogP contribution in [0.3, 0.4) is 0 Å². The van der Waals surface area contributed by atoms with E-state index < -0.39 is 12.1 Å². The van der Waals surface area contributed by atoms with Crippen LogP contribution < -0.4 is 9.47 Å². The van der Waals surface area contributed by atoms with Gasteiger partial charge in [0, 0.05) is 0 Å². The van der Waals surface area contributed by atoms with Gasteiger partial charge in [-0.25, -0.2) is 0 Å². The highest BCUT2D eigenvalue weighted by atomic mass is 79.9.